The van der Waals surface area contributed by atoms with Crippen LogP contribution in [0.3, 0.4) is 0 Å². The molecule has 0 spiro atoms. The molecule has 1 aliphatic heterocycles. The van der Waals surface area contributed by atoms with E-state index in [9.17, 15) is 9.90 Å². The quantitative estimate of drug-likeness (QED) is 0.372. The molecule has 35 heavy (non-hydrogen) atoms. The van der Waals surface area contributed by atoms with E-state index >= 15 is 0 Å². The van der Waals surface area contributed by atoms with Gasteiger partial charge >= 0.3 is 0 Å². The van der Waals surface area contributed by atoms with Gasteiger partial charge in [0.25, 0.3) is 0 Å². The summed E-state index contributed by atoms with van der Waals surface area (Å²) in [6.07, 6.45) is 2.19. The van der Waals surface area contributed by atoms with Gasteiger partial charge in [0.15, 0.2) is 11.4 Å². The van der Waals surface area contributed by atoms with Crippen molar-refractivity contribution in [3.8, 4) is 16.9 Å². The Hall–Kier alpha value is -3.94. The number of rotatable bonds is 1. The number of aryl methyl sites for hydroxylation is 1. The molecule has 3 heterocycles. The standard InChI is InChI=1S/C27H21ClN4O3/c1-32-15-29-31-26(32)27(34)18-6-8-23-21(12-18)20(14-25(33)30-23)17-4-2-3-16(11-17)9-10-35-24-13-19(27)5-7-22(24)28/h2-8,11-15,34H,9-10H2,1H3,(H,30,33). The third kappa shape index (κ3) is 3.51. The minimum absolute atomic E-state index is 0.194. The number of nitrogens with one attached hydrogen (secondary N) is 1. The van der Waals surface area contributed by atoms with E-state index in [2.05, 4.69) is 21.2 Å². The maximum Gasteiger partial charge on any atom is 0.249 e. The maximum absolute atomic E-state index is 12.5. The van der Waals surface area contributed by atoms with Crippen LogP contribution in [0.15, 0.2) is 77.9 Å². The molecule has 0 amide bonds. The lowest BCUT2D eigenvalue weighted by molar-refractivity contribution is 0.111. The zero-order valence-corrected chi connectivity index (χ0v) is 19.6. The Morgan fingerprint density at radius 1 is 1.09 bits per heavy atom. The number of hydrogen-bond acceptors (Lipinski definition) is 5. The largest absolute Gasteiger partial charge is 0.492 e. The second-order valence-electron chi connectivity index (χ2n) is 8.73. The fraction of sp³-hybridized carbons (Fsp3) is 0.148. The molecule has 3 aromatic carbocycles. The zero-order valence-electron chi connectivity index (χ0n) is 18.8. The molecular weight excluding hydrogens is 464 g/mol. The van der Waals surface area contributed by atoms with Crippen LogP contribution in [0.25, 0.3) is 22.0 Å². The smallest absolute Gasteiger partial charge is 0.249 e. The summed E-state index contributed by atoms with van der Waals surface area (Å²) >= 11 is 6.46. The van der Waals surface area contributed by atoms with Crippen molar-refractivity contribution in [1.29, 1.82) is 0 Å². The van der Waals surface area contributed by atoms with Gasteiger partial charge in [-0.1, -0.05) is 48.0 Å². The first-order valence-electron chi connectivity index (χ1n) is 11.2. The van der Waals surface area contributed by atoms with Crippen LogP contribution in [-0.4, -0.2) is 31.5 Å². The summed E-state index contributed by atoms with van der Waals surface area (Å²) in [4.78, 5) is 15.4. The highest BCUT2D eigenvalue weighted by atomic mass is 35.5. The normalized spacial score (nSPS) is 17.2. The van der Waals surface area contributed by atoms with Gasteiger partial charge in [-0.3, -0.25) is 4.79 Å². The molecular formula is C27H21ClN4O3. The third-order valence-corrected chi connectivity index (χ3v) is 6.84. The van der Waals surface area contributed by atoms with Gasteiger partial charge in [-0.25, -0.2) is 0 Å². The van der Waals surface area contributed by atoms with Crippen LogP contribution in [0.1, 0.15) is 22.5 Å². The summed E-state index contributed by atoms with van der Waals surface area (Å²) in [5.74, 6) is 0.814. The predicted octanol–water partition coefficient (Wildman–Crippen LogP) is 4.20. The Morgan fingerprint density at radius 3 is 2.74 bits per heavy atom. The van der Waals surface area contributed by atoms with Crippen molar-refractivity contribution in [2.45, 2.75) is 12.0 Å². The van der Waals surface area contributed by atoms with Crippen LogP contribution in [0, 0.1) is 0 Å². The van der Waals surface area contributed by atoms with Crippen LogP contribution < -0.4 is 10.3 Å². The Labute approximate surface area is 205 Å². The summed E-state index contributed by atoms with van der Waals surface area (Å²) in [6.45, 7) is 0.394. The number of ether oxygens (including phenoxy) is 1. The minimum Gasteiger partial charge on any atom is -0.492 e. The maximum atomic E-state index is 12.5. The number of benzene rings is 3. The van der Waals surface area contributed by atoms with Gasteiger partial charge < -0.3 is 19.4 Å². The molecule has 6 bridgehead atoms. The number of fused-ring (bicyclic) bond motifs is 6. The highest BCUT2D eigenvalue weighted by Gasteiger charge is 2.39. The van der Waals surface area contributed by atoms with Gasteiger partial charge in [0.05, 0.1) is 11.6 Å². The summed E-state index contributed by atoms with van der Waals surface area (Å²) < 4.78 is 7.73. The average molecular weight is 485 g/mol. The number of aliphatic hydroxyl groups is 1. The van der Waals surface area contributed by atoms with E-state index in [0.29, 0.717) is 46.3 Å². The fourth-order valence-electron chi connectivity index (χ4n) is 4.77. The molecule has 2 aromatic heterocycles. The Morgan fingerprint density at radius 2 is 1.91 bits per heavy atom. The highest BCUT2D eigenvalue weighted by Crippen LogP contribution is 2.40. The van der Waals surface area contributed by atoms with Gasteiger partial charge in [0.2, 0.25) is 5.56 Å². The Bertz CT molecular complexity index is 1660. The fourth-order valence-corrected chi connectivity index (χ4v) is 4.94. The molecule has 6 rings (SSSR count). The van der Waals surface area contributed by atoms with Crippen molar-refractivity contribution in [3.63, 3.8) is 0 Å². The predicted molar refractivity (Wildman–Crippen MR) is 134 cm³/mol. The molecule has 1 aliphatic rings. The number of hydrogen-bond donors (Lipinski definition) is 2. The SMILES string of the molecule is Cn1cnnc1C1(O)c2ccc(Cl)c(c2)OCCc2cccc(c2)-c2cc(=O)[nH]c3ccc1cc23. The molecule has 0 radical (unpaired) electrons. The van der Waals surface area contributed by atoms with Crippen LogP contribution in [-0.2, 0) is 19.1 Å². The van der Waals surface area contributed by atoms with Crippen LogP contribution in [0.4, 0.5) is 0 Å². The number of aromatic amines is 1. The third-order valence-electron chi connectivity index (χ3n) is 6.53. The monoisotopic (exact) mass is 484 g/mol. The number of H-pyrrole nitrogens is 1. The second-order valence-corrected chi connectivity index (χ2v) is 9.13. The van der Waals surface area contributed by atoms with Gasteiger partial charge in [0.1, 0.15) is 12.1 Å². The molecule has 1 unspecified atom stereocenters. The lowest BCUT2D eigenvalue weighted by atomic mass is 9.84. The number of halogens is 1. The van der Waals surface area contributed by atoms with Crippen molar-refractivity contribution in [1.82, 2.24) is 19.7 Å². The van der Waals surface area contributed by atoms with Crippen molar-refractivity contribution in [2.75, 3.05) is 6.61 Å². The van der Waals surface area contributed by atoms with Gasteiger partial charge in [-0.05, 0) is 52.1 Å². The lowest BCUT2D eigenvalue weighted by Gasteiger charge is -2.29. The summed E-state index contributed by atoms with van der Waals surface area (Å²) in [7, 11) is 1.78. The molecule has 1 atom stereocenters. The molecule has 0 saturated carbocycles. The number of nitrogens with zero attached hydrogens (tertiary/aromatic N) is 3. The lowest BCUT2D eigenvalue weighted by Crippen LogP contribution is -2.32. The topological polar surface area (TPSA) is 93.0 Å². The first kappa shape index (κ1) is 21.6. The van der Waals surface area contributed by atoms with Crippen LogP contribution in [0.5, 0.6) is 5.75 Å². The summed E-state index contributed by atoms with van der Waals surface area (Å²) in [6, 6.07) is 20.3. The van der Waals surface area contributed by atoms with Crippen molar-refractivity contribution in [2.24, 2.45) is 7.05 Å². The van der Waals surface area contributed by atoms with Crippen molar-refractivity contribution in [3.05, 3.63) is 111 Å². The van der Waals surface area contributed by atoms with Crippen LogP contribution in [0.2, 0.25) is 5.02 Å². The average Bonchev–Trinajstić information content (AvgIpc) is 3.30. The summed E-state index contributed by atoms with van der Waals surface area (Å²) in [5.41, 5.74) is 2.68. The minimum atomic E-state index is -1.67. The van der Waals surface area contributed by atoms with E-state index in [4.69, 9.17) is 16.3 Å². The number of pyridine rings is 1. The van der Waals surface area contributed by atoms with E-state index in [1.807, 2.05) is 24.3 Å². The first-order valence-corrected chi connectivity index (χ1v) is 11.6. The molecule has 174 valence electrons. The van der Waals surface area contributed by atoms with E-state index in [1.165, 1.54) is 0 Å². The van der Waals surface area contributed by atoms with Gasteiger partial charge in [-0.15, -0.1) is 10.2 Å². The molecule has 0 saturated heterocycles. The van der Waals surface area contributed by atoms with Crippen molar-refractivity contribution >= 4 is 22.5 Å². The Balaban J connectivity index is 1.73. The van der Waals surface area contributed by atoms with Crippen molar-refractivity contribution < 1.29 is 9.84 Å². The molecule has 0 aliphatic carbocycles. The Kier molecular flexibility index (Phi) is 4.98. The molecule has 0 fully saturated rings. The molecule has 7 nitrogen and oxygen atoms in total. The second kappa shape index (κ2) is 8.08. The van der Waals surface area contributed by atoms with E-state index in [0.717, 1.165) is 22.1 Å². The molecule has 2 N–H and O–H groups in total. The highest BCUT2D eigenvalue weighted by molar-refractivity contribution is 6.32. The summed E-state index contributed by atoms with van der Waals surface area (Å²) in [5, 5.41) is 21.9. The van der Waals surface area contributed by atoms with E-state index in [-0.39, 0.29) is 5.56 Å². The molecule has 5 aromatic rings. The number of aromatic nitrogens is 4. The van der Waals surface area contributed by atoms with Gasteiger partial charge in [-0.2, -0.15) is 0 Å². The zero-order chi connectivity index (χ0) is 24.2. The molecule has 8 heteroatoms. The van der Waals surface area contributed by atoms with E-state index in [1.54, 1.807) is 54.3 Å². The van der Waals surface area contributed by atoms with Crippen LogP contribution >= 0.6 is 11.6 Å². The van der Waals surface area contributed by atoms with E-state index < -0.39 is 5.60 Å². The van der Waals surface area contributed by atoms with Gasteiger partial charge in [0, 0.05) is 30.4 Å². The first-order chi connectivity index (χ1) is 16.9.